The van der Waals surface area contributed by atoms with Crippen LogP contribution in [0.4, 0.5) is 19.4 Å². The van der Waals surface area contributed by atoms with Gasteiger partial charge in [0.2, 0.25) is 11.7 Å². The van der Waals surface area contributed by atoms with Crippen LogP contribution in [0.5, 0.6) is 0 Å². The Balaban J connectivity index is 0.000000838. The van der Waals surface area contributed by atoms with E-state index in [-0.39, 0.29) is 12.3 Å². The van der Waals surface area contributed by atoms with Crippen LogP contribution in [-0.2, 0) is 16.1 Å². The van der Waals surface area contributed by atoms with Crippen molar-refractivity contribution >= 4 is 29.5 Å². The Morgan fingerprint density at radius 2 is 1.82 bits per heavy atom. The Labute approximate surface area is 227 Å². The number of ether oxygens (including phenoxy) is 1. The molecule has 14 heteroatoms. The molecular formula is C25H40F2N8O4. The van der Waals surface area contributed by atoms with Gasteiger partial charge >= 0.3 is 6.09 Å². The summed E-state index contributed by atoms with van der Waals surface area (Å²) < 4.78 is 29.4. The third-order valence-corrected chi connectivity index (χ3v) is 5.13. The predicted molar refractivity (Wildman–Crippen MR) is 142 cm³/mol. The van der Waals surface area contributed by atoms with E-state index in [1.54, 1.807) is 11.3 Å². The van der Waals surface area contributed by atoms with Crippen LogP contribution in [0.1, 0.15) is 66.1 Å². The van der Waals surface area contributed by atoms with Gasteiger partial charge in [0.25, 0.3) is 6.47 Å². The Hall–Kier alpha value is -3.60. The Morgan fingerprint density at radius 1 is 1.26 bits per heavy atom. The van der Waals surface area contributed by atoms with Gasteiger partial charge in [-0.05, 0) is 67.5 Å². The van der Waals surface area contributed by atoms with Gasteiger partial charge in [0, 0.05) is 19.6 Å². The van der Waals surface area contributed by atoms with E-state index in [9.17, 15) is 18.8 Å². The molecule has 1 saturated carbocycles. The second kappa shape index (κ2) is 15.1. The summed E-state index contributed by atoms with van der Waals surface area (Å²) in [5, 5.41) is 18.1. The number of hydrogen-bond donors (Lipinski definition) is 2. The van der Waals surface area contributed by atoms with E-state index in [1.807, 2.05) is 45.5 Å². The zero-order chi connectivity index (χ0) is 29.8. The van der Waals surface area contributed by atoms with Crippen LogP contribution in [0.15, 0.2) is 6.33 Å². The van der Waals surface area contributed by atoms with Crippen LogP contribution in [0.2, 0.25) is 0 Å². The van der Waals surface area contributed by atoms with Crippen molar-refractivity contribution in [2.45, 2.75) is 78.4 Å². The molecule has 3 rings (SSSR count). The summed E-state index contributed by atoms with van der Waals surface area (Å²) in [6, 6.07) is 2.04. The summed E-state index contributed by atoms with van der Waals surface area (Å²) in [6.45, 7) is 8.95. The minimum atomic E-state index is -2.50. The van der Waals surface area contributed by atoms with Crippen molar-refractivity contribution in [3.05, 3.63) is 12.2 Å². The third kappa shape index (κ3) is 13.2. The number of nitrogens with zero attached hydrogens (tertiary/aromatic N) is 7. The molecule has 0 saturated heterocycles. The molecule has 0 unspecified atom stereocenters. The van der Waals surface area contributed by atoms with Crippen LogP contribution in [0.25, 0.3) is 11.2 Å². The van der Waals surface area contributed by atoms with Crippen molar-refractivity contribution in [3.63, 3.8) is 0 Å². The highest BCUT2D eigenvalue weighted by molar-refractivity contribution is 5.85. The summed E-state index contributed by atoms with van der Waals surface area (Å²) in [7, 11) is 3.99. The van der Waals surface area contributed by atoms with Gasteiger partial charge in [-0.1, -0.05) is 12.8 Å². The lowest BCUT2D eigenvalue weighted by molar-refractivity contribution is -0.122. The van der Waals surface area contributed by atoms with E-state index in [1.165, 1.54) is 12.8 Å². The maximum absolute atomic E-state index is 12.6. The molecule has 1 aliphatic carbocycles. The number of likely N-dealkylation sites (N-methyl/N-ethyl adjacent to an activating group) is 1. The SMILES string of the molecule is CC(C)(F)F.CN(C)CCn1cnc2c(N(CC3CCCC3)NC(=O)OC(C)(C)C)nc(C#N)nc21.O=CO. The number of halogens is 2. The van der Waals surface area contributed by atoms with E-state index in [0.29, 0.717) is 36.0 Å². The van der Waals surface area contributed by atoms with Gasteiger partial charge in [0.15, 0.2) is 17.0 Å². The quantitative estimate of drug-likeness (QED) is 0.379. The molecule has 2 aromatic rings. The number of imidazole rings is 1. The Bertz CT molecular complexity index is 1090. The summed E-state index contributed by atoms with van der Waals surface area (Å²) in [5.41, 5.74) is 3.33. The molecule has 2 heterocycles. The minimum Gasteiger partial charge on any atom is -0.483 e. The second-order valence-electron chi connectivity index (χ2n) is 10.7. The molecule has 0 spiro atoms. The molecule has 218 valence electrons. The third-order valence-electron chi connectivity index (χ3n) is 5.13. The number of alkyl halides is 2. The average Bonchev–Trinajstić information content (AvgIpc) is 3.44. The number of nitrogens with one attached hydrogen (secondary N) is 1. The van der Waals surface area contributed by atoms with E-state index in [4.69, 9.17) is 14.6 Å². The number of carbonyl (C=O) groups is 2. The van der Waals surface area contributed by atoms with Gasteiger partial charge in [-0.2, -0.15) is 15.2 Å². The van der Waals surface area contributed by atoms with Crippen molar-refractivity contribution in [2.24, 2.45) is 5.92 Å². The molecule has 1 amide bonds. The molecule has 2 aromatic heterocycles. The molecule has 12 nitrogen and oxygen atoms in total. The topological polar surface area (TPSA) is 150 Å². The fourth-order valence-electron chi connectivity index (χ4n) is 3.69. The number of nitriles is 1. The first kappa shape index (κ1) is 33.4. The van der Waals surface area contributed by atoms with Crippen LogP contribution < -0.4 is 10.4 Å². The number of hydrogen-bond acceptors (Lipinski definition) is 9. The van der Waals surface area contributed by atoms with E-state index >= 15 is 0 Å². The van der Waals surface area contributed by atoms with Gasteiger partial charge < -0.3 is 19.3 Å². The number of hydrazine groups is 1. The molecular weight excluding hydrogens is 514 g/mol. The zero-order valence-electron chi connectivity index (χ0n) is 23.7. The lowest BCUT2D eigenvalue weighted by Gasteiger charge is -2.29. The number of carbonyl (C=O) groups excluding carboxylic acids is 1. The summed E-state index contributed by atoms with van der Waals surface area (Å²) in [5.74, 6) is -1.62. The van der Waals surface area contributed by atoms with E-state index < -0.39 is 17.6 Å². The monoisotopic (exact) mass is 554 g/mol. The number of fused-ring (bicyclic) bond motifs is 1. The molecule has 0 atom stereocenters. The standard InChI is InChI=1S/C21H32N8O2.C3H6F2.CH2O2/c1-21(2,3)31-20(30)26-29(13-15-8-6-7-9-15)19-17-18(24-16(12-22)25-19)28(14-23-17)11-10-27(4)5;1-3(2,4)5;2-1-3/h14-15H,6-11,13H2,1-5H3,(H,26,30);1-2H3;1H,(H,2,3). The summed E-state index contributed by atoms with van der Waals surface area (Å²) in [4.78, 5) is 36.3. The largest absolute Gasteiger partial charge is 0.483 e. The molecule has 0 bridgehead atoms. The first-order valence-electron chi connectivity index (χ1n) is 12.6. The fraction of sp³-hybridized carbons (Fsp3) is 0.680. The van der Waals surface area contributed by atoms with Gasteiger partial charge in [-0.15, -0.1) is 0 Å². The molecule has 1 aliphatic rings. The molecule has 0 aliphatic heterocycles. The highest BCUT2D eigenvalue weighted by Crippen LogP contribution is 2.29. The van der Waals surface area contributed by atoms with Gasteiger partial charge in [-0.3, -0.25) is 9.80 Å². The van der Waals surface area contributed by atoms with Crippen LogP contribution >= 0.6 is 0 Å². The number of amides is 1. The summed E-state index contributed by atoms with van der Waals surface area (Å²) in [6.07, 6.45) is 5.66. The van der Waals surface area contributed by atoms with Crippen LogP contribution in [0.3, 0.4) is 0 Å². The second-order valence-corrected chi connectivity index (χ2v) is 10.7. The van der Waals surface area contributed by atoms with Gasteiger partial charge in [0.05, 0.1) is 6.33 Å². The van der Waals surface area contributed by atoms with Gasteiger partial charge in [-0.25, -0.2) is 24.0 Å². The van der Waals surface area contributed by atoms with Gasteiger partial charge in [0.1, 0.15) is 11.7 Å². The van der Waals surface area contributed by atoms with Crippen LogP contribution in [-0.4, -0.2) is 80.8 Å². The highest BCUT2D eigenvalue weighted by atomic mass is 19.3. The van der Waals surface area contributed by atoms with Crippen molar-refractivity contribution in [1.29, 1.82) is 5.26 Å². The van der Waals surface area contributed by atoms with Crippen molar-refractivity contribution < 1.29 is 28.2 Å². The minimum absolute atomic E-state index is 0.0384. The van der Waals surface area contributed by atoms with Crippen molar-refractivity contribution in [1.82, 2.24) is 29.8 Å². The Kier molecular flexibility index (Phi) is 12.9. The first-order valence-corrected chi connectivity index (χ1v) is 12.6. The van der Waals surface area contributed by atoms with Crippen molar-refractivity contribution in [2.75, 3.05) is 32.2 Å². The molecule has 2 N–H and O–H groups in total. The maximum atomic E-state index is 12.6. The molecule has 1 fully saturated rings. The van der Waals surface area contributed by atoms with E-state index in [0.717, 1.165) is 33.2 Å². The zero-order valence-corrected chi connectivity index (χ0v) is 23.7. The number of carboxylic acid groups (broad SMARTS) is 1. The fourth-order valence-corrected chi connectivity index (χ4v) is 3.69. The Morgan fingerprint density at radius 3 is 2.31 bits per heavy atom. The first-order chi connectivity index (χ1) is 18.1. The highest BCUT2D eigenvalue weighted by Gasteiger charge is 2.27. The normalized spacial score (nSPS) is 13.6. The molecule has 0 radical (unpaired) electrons. The molecule has 0 aromatic carbocycles. The number of anilines is 1. The average molecular weight is 555 g/mol. The lowest BCUT2D eigenvalue weighted by atomic mass is 10.1. The summed E-state index contributed by atoms with van der Waals surface area (Å²) >= 11 is 0. The smallest absolute Gasteiger partial charge is 0.426 e. The van der Waals surface area contributed by atoms with Crippen molar-refractivity contribution in [3.8, 4) is 6.07 Å². The molecule has 39 heavy (non-hydrogen) atoms. The maximum Gasteiger partial charge on any atom is 0.426 e. The van der Waals surface area contributed by atoms with E-state index in [2.05, 4.69) is 25.3 Å². The lowest BCUT2D eigenvalue weighted by Crippen LogP contribution is -2.47. The predicted octanol–water partition coefficient (Wildman–Crippen LogP) is 4.06. The number of aromatic nitrogens is 4. The van der Waals surface area contributed by atoms with Crippen LogP contribution in [0, 0.1) is 17.2 Å². The number of rotatable bonds is 7.